The molecule has 0 saturated carbocycles. The third kappa shape index (κ3) is 2.57. The van der Waals surface area contributed by atoms with E-state index in [-0.39, 0.29) is 10.3 Å². The second-order valence-corrected chi connectivity index (χ2v) is 7.54. The summed E-state index contributed by atoms with van der Waals surface area (Å²) in [7, 11) is -1.83. The Hall–Kier alpha value is -0.940. The van der Waals surface area contributed by atoms with Gasteiger partial charge in [0.05, 0.1) is 0 Å². The lowest BCUT2D eigenvalue weighted by Crippen LogP contribution is -2.43. The van der Waals surface area contributed by atoms with Gasteiger partial charge in [-0.05, 0) is 38.1 Å². The molecule has 1 aromatic heterocycles. The molecular weight excluding hydrogens is 270 g/mol. The molecule has 2 rings (SSSR count). The first-order valence-electron chi connectivity index (χ1n) is 5.74. The molecular formula is C11H15N3O2S2. The van der Waals surface area contributed by atoms with E-state index in [1.54, 1.807) is 13.1 Å². The molecule has 0 unspecified atom stereocenters. The predicted molar refractivity (Wildman–Crippen MR) is 69.9 cm³/mol. The number of hydrogen-bond acceptors (Lipinski definition) is 5. The summed E-state index contributed by atoms with van der Waals surface area (Å²) >= 11 is 1.03. The maximum Gasteiger partial charge on any atom is 0.252 e. The Labute approximate surface area is 111 Å². The second kappa shape index (κ2) is 5.36. The first-order valence-corrected chi connectivity index (χ1v) is 8.00. The monoisotopic (exact) mass is 285 g/mol. The molecule has 0 aliphatic carbocycles. The van der Waals surface area contributed by atoms with Crippen LogP contribution in [0.25, 0.3) is 0 Å². The zero-order chi connectivity index (χ0) is 13.2. The van der Waals surface area contributed by atoms with Crippen LogP contribution in [-0.4, -0.2) is 38.9 Å². The summed E-state index contributed by atoms with van der Waals surface area (Å²) in [6.07, 6.45) is 1.65. The van der Waals surface area contributed by atoms with Gasteiger partial charge in [-0.2, -0.15) is 9.57 Å². The highest BCUT2D eigenvalue weighted by Gasteiger charge is 2.30. The lowest BCUT2D eigenvalue weighted by atomic mass is 10.1. The van der Waals surface area contributed by atoms with Crippen LogP contribution in [0.15, 0.2) is 16.3 Å². The smallest absolute Gasteiger partial charge is 0.252 e. The number of thiophene rings is 1. The average Bonchev–Trinajstić information content (AvgIpc) is 2.88. The Bertz CT molecular complexity index is 553. The summed E-state index contributed by atoms with van der Waals surface area (Å²) in [5, 5.41) is 12.0. The molecule has 1 aromatic rings. The summed E-state index contributed by atoms with van der Waals surface area (Å²) in [4.78, 5) is 0.423. The number of nitriles is 1. The maximum atomic E-state index is 12.4. The molecule has 0 radical (unpaired) electrons. The lowest BCUT2D eigenvalue weighted by Gasteiger charge is -2.30. The van der Waals surface area contributed by atoms with Crippen LogP contribution in [0, 0.1) is 11.3 Å². The van der Waals surface area contributed by atoms with E-state index in [0.29, 0.717) is 4.88 Å². The molecule has 0 amide bonds. The van der Waals surface area contributed by atoms with Gasteiger partial charge in [-0.15, -0.1) is 11.3 Å². The van der Waals surface area contributed by atoms with Gasteiger partial charge in [0, 0.05) is 13.1 Å². The number of nitrogens with zero attached hydrogens (tertiary/aromatic N) is 2. The zero-order valence-electron chi connectivity index (χ0n) is 10.1. The molecule has 1 aliphatic rings. The van der Waals surface area contributed by atoms with Gasteiger partial charge >= 0.3 is 0 Å². The van der Waals surface area contributed by atoms with Gasteiger partial charge in [-0.25, -0.2) is 8.42 Å². The predicted octanol–water partition coefficient (Wildman–Crippen LogP) is 0.992. The van der Waals surface area contributed by atoms with Crippen LogP contribution >= 0.6 is 11.3 Å². The minimum atomic E-state index is -3.45. The van der Waals surface area contributed by atoms with Gasteiger partial charge in [0.2, 0.25) is 0 Å². The Morgan fingerprint density at radius 2 is 2.11 bits per heavy atom. The summed E-state index contributed by atoms with van der Waals surface area (Å²) < 4.78 is 26.4. The van der Waals surface area contributed by atoms with E-state index in [0.717, 1.165) is 37.3 Å². The van der Waals surface area contributed by atoms with Crippen molar-refractivity contribution >= 4 is 21.4 Å². The lowest BCUT2D eigenvalue weighted by molar-refractivity contribution is 0.297. The molecule has 98 valence electrons. The van der Waals surface area contributed by atoms with Crippen molar-refractivity contribution in [3.8, 4) is 6.07 Å². The molecule has 0 aromatic carbocycles. The highest BCUT2D eigenvalue weighted by Crippen LogP contribution is 2.26. The molecule has 5 nitrogen and oxygen atoms in total. The van der Waals surface area contributed by atoms with Crippen molar-refractivity contribution in [1.29, 1.82) is 5.26 Å². The van der Waals surface area contributed by atoms with E-state index in [1.807, 2.05) is 6.07 Å². The van der Waals surface area contributed by atoms with Crippen molar-refractivity contribution in [2.24, 2.45) is 0 Å². The van der Waals surface area contributed by atoms with Gasteiger partial charge in [0.25, 0.3) is 10.0 Å². The topological polar surface area (TPSA) is 73.2 Å². The molecule has 1 fully saturated rings. The van der Waals surface area contributed by atoms with Crippen molar-refractivity contribution in [1.82, 2.24) is 9.62 Å². The first kappa shape index (κ1) is 13.5. The minimum absolute atomic E-state index is 0.0453. The summed E-state index contributed by atoms with van der Waals surface area (Å²) in [6, 6.07) is 5.07. The van der Waals surface area contributed by atoms with Gasteiger partial charge in [0.15, 0.2) is 0 Å². The molecule has 1 N–H and O–H groups in total. The van der Waals surface area contributed by atoms with Gasteiger partial charge in [-0.1, -0.05) is 0 Å². The Kier molecular flexibility index (Phi) is 4.02. The third-order valence-corrected chi connectivity index (χ3v) is 6.52. The van der Waals surface area contributed by atoms with Crippen molar-refractivity contribution in [2.45, 2.75) is 23.1 Å². The Morgan fingerprint density at radius 3 is 2.67 bits per heavy atom. The maximum absolute atomic E-state index is 12.4. The van der Waals surface area contributed by atoms with Crippen LogP contribution in [0.3, 0.4) is 0 Å². The fourth-order valence-electron chi connectivity index (χ4n) is 2.03. The largest absolute Gasteiger partial charge is 0.317 e. The van der Waals surface area contributed by atoms with E-state index in [4.69, 9.17) is 5.26 Å². The van der Waals surface area contributed by atoms with Crippen LogP contribution in [-0.2, 0) is 10.0 Å². The second-order valence-electron chi connectivity index (χ2n) is 4.23. The molecule has 2 heterocycles. The molecule has 7 heteroatoms. The summed E-state index contributed by atoms with van der Waals surface area (Å²) in [5.41, 5.74) is 0. The zero-order valence-corrected chi connectivity index (χ0v) is 11.7. The Morgan fingerprint density at radius 1 is 1.44 bits per heavy atom. The fourth-order valence-corrected chi connectivity index (χ4v) is 4.73. The van der Waals surface area contributed by atoms with Gasteiger partial charge < -0.3 is 5.32 Å². The first-order chi connectivity index (χ1) is 8.55. The molecule has 0 bridgehead atoms. The Balaban J connectivity index is 2.22. The van der Waals surface area contributed by atoms with Crippen molar-refractivity contribution in [3.63, 3.8) is 0 Å². The number of sulfonamides is 1. The van der Waals surface area contributed by atoms with Crippen molar-refractivity contribution < 1.29 is 8.42 Å². The van der Waals surface area contributed by atoms with Crippen LogP contribution in [0.4, 0.5) is 0 Å². The van der Waals surface area contributed by atoms with E-state index >= 15 is 0 Å². The van der Waals surface area contributed by atoms with Crippen LogP contribution < -0.4 is 5.32 Å². The van der Waals surface area contributed by atoms with E-state index in [9.17, 15) is 8.42 Å². The van der Waals surface area contributed by atoms with Gasteiger partial charge in [0.1, 0.15) is 15.2 Å². The van der Waals surface area contributed by atoms with Crippen molar-refractivity contribution in [2.75, 3.05) is 20.1 Å². The standard InChI is InChI=1S/C11H15N3O2S2/c1-14(9-4-6-13-7-5-9)18(15,16)11-3-2-10(8-12)17-11/h2-3,9,13H,4-7H2,1H3. The number of piperidine rings is 1. The van der Waals surface area contributed by atoms with E-state index in [2.05, 4.69) is 5.32 Å². The highest BCUT2D eigenvalue weighted by atomic mass is 32.2. The molecule has 0 spiro atoms. The van der Waals surface area contributed by atoms with Crippen molar-refractivity contribution in [3.05, 3.63) is 17.0 Å². The quantitative estimate of drug-likeness (QED) is 0.899. The van der Waals surface area contributed by atoms with E-state index < -0.39 is 10.0 Å². The minimum Gasteiger partial charge on any atom is -0.317 e. The van der Waals surface area contributed by atoms with E-state index in [1.165, 1.54) is 10.4 Å². The highest BCUT2D eigenvalue weighted by molar-refractivity contribution is 7.91. The number of hydrogen-bond donors (Lipinski definition) is 1. The number of rotatable bonds is 3. The fraction of sp³-hybridized carbons (Fsp3) is 0.545. The van der Waals surface area contributed by atoms with Crippen LogP contribution in [0.2, 0.25) is 0 Å². The molecule has 0 atom stereocenters. The molecule has 1 saturated heterocycles. The van der Waals surface area contributed by atoms with Gasteiger partial charge in [-0.3, -0.25) is 0 Å². The third-order valence-electron chi connectivity index (χ3n) is 3.15. The summed E-state index contributed by atoms with van der Waals surface area (Å²) in [5.74, 6) is 0. The average molecular weight is 285 g/mol. The van der Waals surface area contributed by atoms with Crippen LogP contribution in [0.1, 0.15) is 17.7 Å². The molecule has 18 heavy (non-hydrogen) atoms. The molecule has 1 aliphatic heterocycles. The SMILES string of the molecule is CN(C1CCNCC1)S(=O)(=O)c1ccc(C#N)s1. The van der Waals surface area contributed by atoms with Crippen LogP contribution in [0.5, 0.6) is 0 Å². The summed E-state index contributed by atoms with van der Waals surface area (Å²) in [6.45, 7) is 1.69. The normalized spacial score (nSPS) is 17.8. The number of nitrogens with one attached hydrogen (secondary N) is 1.